The highest BCUT2D eigenvalue weighted by atomic mass is 16.4. The molecule has 2 rings (SSSR count). The van der Waals surface area contributed by atoms with E-state index in [1.807, 2.05) is 6.07 Å². The van der Waals surface area contributed by atoms with E-state index in [0.29, 0.717) is 24.6 Å². The van der Waals surface area contributed by atoms with Crippen molar-refractivity contribution in [3.05, 3.63) is 34.5 Å². The molecule has 1 heterocycles. The third kappa shape index (κ3) is 3.00. The van der Waals surface area contributed by atoms with Gasteiger partial charge in [0.2, 0.25) is 0 Å². The molecule has 0 spiro atoms. The van der Waals surface area contributed by atoms with E-state index in [4.69, 9.17) is 5.73 Å². The minimum Gasteiger partial charge on any atom is -0.478 e. The third-order valence-electron chi connectivity index (χ3n) is 4.49. The fraction of sp³-hybridized carbons (Fsp3) is 0.526. The summed E-state index contributed by atoms with van der Waals surface area (Å²) in [7, 11) is 0. The number of nitrogens with zero attached hydrogens (tertiary/aromatic N) is 1. The van der Waals surface area contributed by atoms with Gasteiger partial charge in [-0.2, -0.15) is 0 Å². The molecule has 0 aliphatic carbocycles. The SMILES string of the molecule is Cc1c(C(C)C)c2cc(C(C)(C)C)cc(C(=O)O)c2n1CCN. The molecule has 0 radical (unpaired) electrons. The summed E-state index contributed by atoms with van der Waals surface area (Å²) in [4.78, 5) is 11.9. The molecule has 2 aromatic rings. The molecule has 126 valence electrons. The number of fused-ring (bicyclic) bond motifs is 1. The number of aromatic nitrogens is 1. The maximum absolute atomic E-state index is 11.9. The van der Waals surface area contributed by atoms with Gasteiger partial charge >= 0.3 is 5.97 Å². The lowest BCUT2D eigenvalue weighted by atomic mass is 9.84. The molecule has 0 unspecified atom stereocenters. The highest BCUT2D eigenvalue weighted by Crippen LogP contribution is 2.37. The van der Waals surface area contributed by atoms with E-state index >= 15 is 0 Å². The van der Waals surface area contributed by atoms with Crippen LogP contribution in [0.3, 0.4) is 0 Å². The maximum Gasteiger partial charge on any atom is 0.337 e. The first-order valence-electron chi connectivity index (χ1n) is 8.20. The van der Waals surface area contributed by atoms with Gasteiger partial charge in [-0.1, -0.05) is 34.6 Å². The monoisotopic (exact) mass is 316 g/mol. The van der Waals surface area contributed by atoms with E-state index in [1.54, 1.807) is 0 Å². The number of carboxylic acid groups (broad SMARTS) is 1. The minimum absolute atomic E-state index is 0.101. The van der Waals surface area contributed by atoms with E-state index in [-0.39, 0.29) is 5.41 Å². The zero-order valence-electron chi connectivity index (χ0n) is 15.0. The number of rotatable bonds is 4. The molecule has 0 atom stereocenters. The van der Waals surface area contributed by atoms with E-state index < -0.39 is 5.97 Å². The average Bonchev–Trinajstić information content (AvgIpc) is 2.69. The molecule has 0 amide bonds. The van der Waals surface area contributed by atoms with Crippen LogP contribution < -0.4 is 5.73 Å². The van der Waals surface area contributed by atoms with Gasteiger partial charge in [0.1, 0.15) is 0 Å². The van der Waals surface area contributed by atoms with E-state index in [2.05, 4.69) is 52.2 Å². The average molecular weight is 316 g/mol. The standard InChI is InChI=1S/C19H28N2O2/c1-11(2)16-12(3)21(8-7-20)17-14(16)9-13(19(4,5)6)10-15(17)18(22)23/h9-11H,7-8,20H2,1-6H3,(H,22,23). The first kappa shape index (κ1) is 17.5. The molecule has 23 heavy (non-hydrogen) atoms. The van der Waals surface area contributed by atoms with Crippen LogP contribution in [0.25, 0.3) is 10.9 Å². The van der Waals surface area contributed by atoms with Crippen LogP contribution >= 0.6 is 0 Å². The molecular weight excluding hydrogens is 288 g/mol. The van der Waals surface area contributed by atoms with Gasteiger partial charge in [-0.25, -0.2) is 4.79 Å². The second-order valence-electron chi connectivity index (χ2n) is 7.57. The van der Waals surface area contributed by atoms with Crippen LogP contribution in [-0.2, 0) is 12.0 Å². The Morgan fingerprint density at radius 1 is 1.30 bits per heavy atom. The van der Waals surface area contributed by atoms with Crippen LogP contribution in [0, 0.1) is 6.92 Å². The predicted molar refractivity (Wildman–Crippen MR) is 95.5 cm³/mol. The number of nitrogens with two attached hydrogens (primary N) is 1. The minimum atomic E-state index is -0.882. The Hall–Kier alpha value is -1.81. The zero-order chi connectivity index (χ0) is 17.5. The molecule has 3 N–H and O–H groups in total. The van der Waals surface area contributed by atoms with Crippen molar-refractivity contribution < 1.29 is 9.90 Å². The molecule has 1 aromatic carbocycles. The number of hydrogen-bond acceptors (Lipinski definition) is 2. The van der Waals surface area contributed by atoms with Gasteiger partial charge in [0.05, 0.1) is 11.1 Å². The van der Waals surface area contributed by atoms with Crippen molar-refractivity contribution in [2.45, 2.75) is 59.4 Å². The molecule has 0 fully saturated rings. The normalized spacial score (nSPS) is 12.3. The maximum atomic E-state index is 11.9. The first-order chi connectivity index (χ1) is 10.6. The Labute approximate surface area is 138 Å². The Morgan fingerprint density at radius 2 is 1.91 bits per heavy atom. The van der Waals surface area contributed by atoms with Crippen LogP contribution in [0.4, 0.5) is 0 Å². The summed E-state index contributed by atoms with van der Waals surface area (Å²) in [5.74, 6) is -0.555. The number of carbonyl (C=O) groups is 1. The van der Waals surface area contributed by atoms with Gasteiger partial charge in [0, 0.05) is 24.2 Å². The summed E-state index contributed by atoms with van der Waals surface area (Å²) in [6.45, 7) is 13.8. The van der Waals surface area contributed by atoms with Crippen LogP contribution in [0.5, 0.6) is 0 Å². The lowest BCUT2D eigenvalue weighted by Crippen LogP contribution is -2.15. The Bertz CT molecular complexity index is 749. The topological polar surface area (TPSA) is 68.2 Å². The molecule has 0 aliphatic rings. The van der Waals surface area contributed by atoms with Gasteiger partial charge in [0.25, 0.3) is 0 Å². The van der Waals surface area contributed by atoms with Crippen molar-refractivity contribution in [3.63, 3.8) is 0 Å². The number of carboxylic acids is 1. The van der Waals surface area contributed by atoms with Crippen LogP contribution in [0.2, 0.25) is 0 Å². The van der Waals surface area contributed by atoms with Crippen molar-refractivity contribution in [2.75, 3.05) is 6.54 Å². The first-order valence-corrected chi connectivity index (χ1v) is 8.20. The molecule has 4 heteroatoms. The van der Waals surface area contributed by atoms with Gasteiger partial charge in [-0.15, -0.1) is 0 Å². The largest absolute Gasteiger partial charge is 0.478 e. The summed E-state index contributed by atoms with van der Waals surface area (Å²) in [6, 6.07) is 3.98. The molecule has 0 aliphatic heterocycles. The lowest BCUT2D eigenvalue weighted by Gasteiger charge is -2.21. The zero-order valence-corrected chi connectivity index (χ0v) is 15.0. The highest BCUT2D eigenvalue weighted by molar-refractivity contribution is 6.04. The molecule has 1 aromatic heterocycles. The van der Waals surface area contributed by atoms with Gasteiger partial charge in [-0.05, 0) is 41.5 Å². The van der Waals surface area contributed by atoms with Crippen molar-refractivity contribution in [3.8, 4) is 0 Å². The smallest absolute Gasteiger partial charge is 0.337 e. The van der Waals surface area contributed by atoms with Crippen LogP contribution in [0.1, 0.15) is 67.7 Å². The summed E-state index contributed by atoms with van der Waals surface area (Å²) in [5, 5.41) is 10.8. The fourth-order valence-electron chi connectivity index (χ4n) is 3.37. The van der Waals surface area contributed by atoms with Crippen LogP contribution in [0.15, 0.2) is 12.1 Å². The number of benzene rings is 1. The summed E-state index contributed by atoms with van der Waals surface area (Å²) >= 11 is 0. The summed E-state index contributed by atoms with van der Waals surface area (Å²) in [5.41, 5.74) is 10.2. The summed E-state index contributed by atoms with van der Waals surface area (Å²) < 4.78 is 2.07. The molecule has 0 saturated heterocycles. The van der Waals surface area contributed by atoms with Crippen molar-refractivity contribution in [2.24, 2.45) is 5.73 Å². The second kappa shape index (κ2) is 6.00. The number of aromatic carboxylic acids is 1. The fourth-order valence-corrected chi connectivity index (χ4v) is 3.37. The predicted octanol–water partition coefficient (Wildman–Crippen LogP) is 4.03. The Kier molecular flexibility index (Phi) is 4.58. The second-order valence-corrected chi connectivity index (χ2v) is 7.57. The number of hydrogen-bond donors (Lipinski definition) is 2. The van der Waals surface area contributed by atoms with Gasteiger partial charge in [0.15, 0.2) is 0 Å². The molecule has 0 saturated carbocycles. The Balaban J connectivity index is 3.00. The third-order valence-corrected chi connectivity index (χ3v) is 4.49. The summed E-state index contributed by atoms with van der Waals surface area (Å²) in [6.07, 6.45) is 0. The molecule has 4 nitrogen and oxygen atoms in total. The van der Waals surface area contributed by atoms with Crippen molar-refractivity contribution >= 4 is 16.9 Å². The quantitative estimate of drug-likeness (QED) is 0.895. The molecular formula is C19H28N2O2. The lowest BCUT2D eigenvalue weighted by molar-refractivity contribution is 0.0698. The van der Waals surface area contributed by atoms with Crippen molar-refractivity contribution in [1.82, 2.24) is 4.57 Å². The van der Waals surface area contributed by atoms with Crippen molar-refractivity contribution in [1.29, 1.82) is 0 Å². The molecule has 0 bridgehead atoms. The van der Waals surface area contributed by atoms with E-state index in [9.17, 15) is 9.90 Å². The van der Waals surface area contributed by atoms with Gasteiger partial charge in [-0.3, -0.25) is 0 Å². The van der Waals surface area contributed by atoms with Gasteiger partial charge < -0.3 is 15.4 Å². The van der Waals surface area contributed by atoms with Crippen LogP contribution in [-0.4, -0.2) is 22.2 Å². The van der Waals surface area contributed by atoms with E-state index in [1.165, 1.54) is 5.56 Å². The van der Waals surface area contributed by atoms with E-state index in [0.717, 1.165) is 22.2 Å². The Morgan fingerprint density at radius 3 is 2.35 bits per heavy atom. The highest BCUT2D eigenvalue weighted by Gasteiger charge is 2.25.